The van der Waals surface area contributed by atoms with Crippen molar-refractivity contribution in [3.8, 4) is 0 Å². The van der Waals surface area contributed by atoms with Gasteiger partial charge in [-0.05, 0) is 30.7 Å². The second-order valence-electron chi connectivity index (χ2n) is 7.36. The van der Waals surface area contributed by atoms with Gasteiger partial charge in [-0.15, -0.1) is 0 Å². The van der Waals surface area contributed by atoms with E-state index in [2.05, 4.69) is 4.98 Å². The molecule has 1 aliphatic heterocycles. The molecule has 7 nitrogen and oxygen atoms in total. The fourth-order valence-electron chi connectivity index (χ4n) is 3.54. The van der Waals surface area contributed by atoms with Gasteiger partial charge in [-0.1, -0.05) is 59.6 Å². The number of imidazole rings is 1. The Morgan fingerprint density at radius 3 is 2.66 bits per heavy atom. The van der Waals surface area contributed by atoms with Crippen LogP contribution in [-0.2, 0) is 6.54 Å². The summed E-state index contributed by atoms with van der Waals surface area (Å²) in [6.07, 6.45) is 6.86. The Morgan fingerprint density at radius 2 is 1.91 bits per heavy atom. The summed E-state index contributed by atoms with van der Waals surface area (Å²) in [6, 6.07) is 14.5. The summed E-state index contributed by atoms with van der Waals surface area (Å²) in [4.78, 5) is 19.0. The third kappa shape index (κ3) is 4.10. The number of hydrogen-bond donors (Lipinski definition) is 2. The number of allylic oxidation sites excluding steroid dienone is 1. The van der Waals surface area contributed by atoms with Gasteiger partial charge in [0.1, 0.15) is 0 Å². The van der Waals surface area contributed by atoms with Crippen LogP contribution in [-0.4, -0.2) is 26.4 Å². The van der Waals surface area contributed by atoms with E-state index in [0.717, 1.165) is 5.56 Å². The number of nitrogens with zero attached hydrogens (tertiary/aromatic N) is 4. The number of hydrogen-bond acceptors (Lipinski definition) is 5. The molecule has 3 aromatic rings. The Bertz CT molecular complexity index is 1200. The van der Waals surface area contributed by atoms with Crippen molar-refractivity contribution < 1.29 is 4.79 Å². The lowest BCUT2D eigenvalue weighted by Crippen LogP contribution is -2.44. The first-order chi connectivity index (χ1) is 15.4. The van der Waals surface area contributed by atoms with Crippen molar-refractivity contribution in [1.29, 1.82) is 0 Å². The summed E-state index contributed by atoms with van der Waals surface area (Å²) < 4.78 is 1.93. The van der Waals surface area contributed by atoms with E-state index in [0.29, 0.717) is 34.5 Å². The van der Waals surface area contributed by atoms with Crippen LogP contribution in [0, 0.1) is 0 Å². The highest BCUT2D eigenvalue weighted by atomic mass is 35.5. The fourth-order valence-corrected chi connectivity index (χ4v) is 3.93. The summed E-state index contributed by atoms with van der Waals surface area (Å²) in [7, 11) is 0. The number of carbonyl (C=O) groups is 1. The van der Waals surface area contributed by atoms with Crippen molar-refractivity contribution in [3.63, 3.8) is 0 Å². The predicted molar refractivity (Wildman–Crippen MR) is 127 cm³/mol. The van der Waals surface area contributed by atoms with Crippen LogP contribution in [0.4, 0.5) is 5.95 Å². The summed E-state index contributed by atoms with van der Waals surface area (Å²) in [6.45, 7) is 2.42. The Balaban J connectivity index is 1.58. The van der Waals surface area contributed by atoms with Gasteiger partial charge in [0.25, 0.3) is 5.91 Å². The van der Waals surface area contributed by atoms with Crippen LogP contribution in [0.25, 0.3) is 0 Å². The number of anilines is 1. The lowest BCUT2D eigenvalue weighted by molar-refractivity contribution is 0.0791. The van der Waals surface area contributed by atoms with Crippen molar-refractivity contribution in [2.24, 2.45) is 11.6 Å². The standard InChI is InChI=1S/C23H22Cl2N6O/c1-15-21(26)19(10-12-30(15)22(32)17-8-5-9-18(24)20(17)25)31(27)23-28-11-13-29(23)14-16-6-3-2-4-7-16/h2-13,15H,14,26-27H2,1H3. The van der Waals surface area contributed by atoms with E-state index >= 15 is 0 Å². The molecular formula is C23H22Cl2N6O. The van der Waals surface area contributed by atoms with Gasteiger partial charge in [-0.3, -0.25) is 4.79 Å². The Hall–Kier alpha value is -3.26. The number of halogens is 2. The van der Waals surface area contributed by atoms with Crippen LogP contribution in [0.15, 0.2) is 84.6 Å². The molecule has 0 bridgehead atoms. The Labute approximate surface area is 196 Å². The molecule has 2 heterocycles. The zero-order valence-corrected chi connectivity index (χ0v) is 18.8. The monoisotopic (exact) mass is 468 g/mol. The molecule has 4 rings (SSSR count). The van der Waals surface area contributed by atoms with Gasteiger partial charge in [0.15, 0.2) is 0 Å². The third-order valence-electron chi connectivity index (χ3n) is 5.34. The molecular weight excluding hydrogens is 447 g/mol. The maximum atomic E-state index is 13.1. The van der Waals surface area contributed by atoms with Crippen LogP contribution in [0.3, 0.4) is 0 Å². The third-order valence-corrected chi connectivity index (χ3v) is 6.16. The summed E-state index contributed by atoms with van der Waals surface area (Å²) in [5.41, 5.74) is 8.82. The van der Waals surface area contributed by atoms with Gasteiger partial charge in [0.05, 0.1) is 39.6 Å². The molecule has 2 aromatic carbocycles. The highest BCUT2D eigenvalue weighted by Gasteiger charge is 2.29. The molecule has 1 aliphatic rings. The molecule has 9 heteroatoms. The first kappa shape index (κ1) is 22.0. The molecule has 32 heavy (non-hydrogen) atoms. The van der Waals surface area contributed by atoms with Gasteiger partial charge in [0, 0.05) is 18.6 Å². The van der Waals surface area contributed by atoms with Crippen LogP contribution in [0.5, 0.6) is 0 Å². The first-order valence-electron chi connectivity index (χ1n) is 9.93. The first-order valence-corrected chi connectivity index (χ1v) is 10.7. The van der Waals surface area contributed by atoms with Gasteiger partial charge in [-0.2, -0.15) is 0 Å². The average molecular weight is 469 g/mol. The minimum atomic E-state index is -0.457. The van der Waals surface area contributed by atoms with Crippen molar-refractivity contribution in [2.75, 3.05) is 5.01 Å². The largest absolute Gasteiger partial charge is 0.399 e. The number of rotatable bonds is 5. The van der Waals surface area contributed by atoms with E-state index in [1.165, 1.54) is 9.91 Å². The number of nitrogens with two attached hydrogens (primary N) is 2. The molecule has 1 amide bonds. The van der Waals surface area contributed by atoms with Crippen molar-refractivity contribution in [2.45, 2.75) is 19.5 Å². The lowest BCUT2D eigenvalue weighted by Gasteiger charge is -2.33. The quantitative estimate of drug-likeness (QED) is 0.433. The molecule has 0 spiro atoms. The minimum Gasteiger partial charge on any atom is -0.399 e. The number of amides is 1. The smallest absolute Gasteiger partial charge is 0.259 e. The van der Waals surface area contributed by atoms with Crippen LogP contribution in [0.1, 0.15) is 22.8 Å². The van der Waals surface area contributed by atoms with Gasteiger partial charge < -0.3 is 15.2 Å². The SMILES string of the molecule is CC1C(N)=C(N(N)c2nccn2Cc2ccccc2)C=CN1C(=O)c1cccc(Cl)c1Cl. The van der Waals surface area contributed by atoms with Crippen LogP contribution in [0.2, 0.25) is 10.0 Å². The molecule has 164 valence electrons. The minimum absolute atomic E-state index is 0.205. The highest BCUT2D eigenvalue weighted by Crippen LogP contribution is 2.30. The van der Waals surface area contributed by atoms with E-state index in [9.17, 15) is 4.79 Å². The number of aromatic nitrogens is 2. The predicted octanol–water partition coefficient (Wildman–Crippen LogP) is 4.15. The number of carbonyl (C=O) groups excluding carboxylic acids is 1. The maximum absolute atomic E-state index is 13.1. The van der Waals surface area contributed by atoms with Crippen molar-refractivity contribution in [3.05, 3.63) is 106 Å². The van der Waals surface area contributed by atoms with E-state index < -0.39 is 6.04 Å². The number of hydrazine groups is 1. The van der Waals surface area contributed by atoms with E-state index in [1.807, 2.05) is 48.0 Å². The van der Waals surface area contributed by atoms with Gasteiger partial charge >= 0.3 is 0 Å². The van der Waals surface area contributed by atoms with Crippen molar-refractivity contribution in [1.82, 2.24) is 14.5 Å². The van der Waals surface area contributed by atoms with E-state index in [-0.39, 0.29) is 10.9 Å². The molecule has 1 atom stereocenters. The molecule has 1 unspecified atom stereocenters. The zero-order valence-electron chi connectivity index (χ0n) is 17.3. The Kier molecular flexibility index (Phi) is 6.23. The molecule has 4 N–H and O–H groups in total. The molecule has 0 aliphatic carbocycles. The summed E-state index contributed by atoms with van der Waals surface area (Å²) in [5, 5.41) is 1.95. The van der Waals surface area contributed by atoms with Crippen molar-refractivity contribution >= 4 is 35.1 Å². The normalized spacial score (nSPS) is 15.9. The molecule has 0 fully saturated rings. The van der Waals surface area contributed by atoms with Crippen LogP contribution >= 0.6 is 23.2 Å². The topological polar surface area (TPSA) is 93.4 Å². The molecule has 0 radical (unpaired) electrons. The van der Waals surface area contributed by atoms with E-state index in [1.54, 1.807) is 36.7 Å². The molecule has 0 saturated heterocycles. The summed E-state index contributed by atoms with van der Waals surface area (Å²) in [5.74, 6) is 6.64. The second kappa shape index (κ2) is 9.08. The molecule has 0 saturated carbocycles. The maximum Gasteiger partial charge on any atom is 0.259 e. The van der Waals surface area contributed by atoms with Gasteiger partial charge in [0.2, 0.25) is 5.95 Å². The number of benzene rings is 2. The molecule has 1 aromatic heterocycles. The van der Waals surface area contributed by atoms with Crippen LogP contribution < -0.4 is 16.6 Å². The zero-order chi connectivity index (χ0) is 22.8. The highest BCUT2D eigenvalue weighted by molar-refractivity contribution is 6.43. The summed E-state index contributed by atoms with van der Waals surface area (Å²) >= 11 is 12.3. The average Bonchev–Trinajstić information content (AvgIpc) is 3.25. The second-order valence-corrected chi connectivity index (χ2v) is 8.14. The Morgan fingerprint density at radius 1 is 1.16 bits per heavy atom. The fraction of sp³-hybridized carbons (Fsp3) is 0.130. The van der Waals surface area contributed by atoms with E-state index in [4.69, 9.17) is 34.8 Å². The van der Waals surface area contributed by atoms with Gasteiger partial charge in [-0.25, -0.2) is 15.8 Å². The lowest BCUT2D eigenvalue weighted by atomic mass is 10.1.